The van der Waals surface area contributed by atoms with Crippen molar-refractivity contribution in [3.05, 3.63) is 29.8 Å². The molecule has 0 aromatic heterocycles. The highest BCUT2D eigenvalue weighted by Crippen LogP contribution is 2.27. The number of carbonyl (C=O) groups is 2. The van der Waals surface area contributed by atoms with Crippen LogP contribution in [0.4, 0.5) is 0 Å². The molecule has 6 heteroatoms. The van der Waals surface area contributed by atoms with Gasteiger partial charge in [0, 0.05) is 18.5 Å². The summed E-state index contributed by atoms with van der Waals surface area (Å²) < 4.78 is 5.38. The molecule has 1 aliphatic heterocycles. The molecule has 1 N–H and O–H groups in total. The minimum atomic E-state index is -0.479. The highest BCUT2D eigenvalue weighted by Gasteiger charge is 2.38. The second kappa shape index (κ2) is 10.1. The van der Waals surface area contributed by atoms with Crippen LogP contribution < -0.4 is 10.1 Å². The van der Waals surface area contributed by atoms with Gasteiger partial charge >= 0.3 is 0 Å². The fourth-order valence-corrected chi connectivity index (χ4v) is 4.00. The topological polar surface area (TPSA) is 61.9 Å². The minimum absolute atomic E-state index is 0.0447. The third kappa shape index (κ3) is 5.72. The number of hydrogen-bond acceptors (Lipinski definition) is 4. The van der Waals surface area contributed by atoms with Crippen molar-refractivity contribution < 1.29 is 14.3 Å². The molecule has 29 heavy (non-hydrogen) atoms. The zero-order chi connectivity index (χ0) is 21.6. The van der Waals surface area contributed by atoms with Gasteiger partial charge in [0.15, 0.2) is 0 Å². The monoisotopic (exact) mass is 403 g/mol. The predicted octanol–water partition coefficient (Wildman–Crippen LogP) is 3.23. The largest absolute Gasteiger partial charge is 0.497 e. The molecule has 1 heterocycles. The van der Waals surface area contributed by atoms with Crippen LogP contribution in [0.15, 0.2) is 24.3 Å². The van der Waals surface area contributed by atoms with Crippen molar-refractivity contribution in [2.24, 2.45) is 5.41 Å². The fraction of sp³-hybridized carbons (Fsp3) is 0.652. The maximum atomic E-state index is 13.0. The van der Waals surface area contributed by atoms with Gasteiger partial charge in [0.1, 0.15) is 11.8 Å². The number of likely N-dealkylation sites (N-methyl/N-ethyl adjacent to an activating group) is 1. The molecule has 162 valence electrons. The van der Waals surface area contributed by atoms with Crippen LogP contribution >= 0.6 is 0 Å². The number of ether oxygens (including phenoxy) is 1. The summed E-state index contributed by atoms with van der Waals surface area (Å²) in [7, 11) is 1.66. The van der Waals surface area contributed by atoms with Gasteiger partial charge in [0.2, 0.25) is 11.8 Å². The molecule has 0 spiro atoms. The SMILES string of the molecule is CCN(CC)C(CNC(=O)C1CCCN1C(=O)C(C)(C)C)c1cccc(OC)c1. The lowest BCUT2D eigenvalue weighted by molar-refractivity contribution is -0.144. The molecule has 2 rings (SSSR count). The van der Waals surface area contributed by atoms with Gasteiger partial charge in [-0.3, -0.25) is 14.5 Å². The first-order valence-electron chi connectivity index (χ1n) is 10.7. The number of methoxy groups -OCH3 is 1. The van der Waals surface area contributed by atoms with E-state index in [4.69, 9.17) is 4.74 Å². The van der Waals surface area contributed by atoms with Gasteiger partial charge in [0.25, 0.3) is 0 Å². The Morgan fingerprint density at radius 2 is 1.97 bits per heavy atom. The second-order valence-electron chi connectivity index (χ2n) is 8.67. The van der Waals surface area contributed by atoms with E-state index in [0.717, 1.165) is 37.2 Å². The van der Waals surface area contributed by atoms with Gasteiger partial charge in [-0.25, -0.2) is 0 Å². The quantitative estimate of drug-likeness (QED) is 0.724. The van der Waals surface area contributed by atoms with E-state index in [9.17, 15) is 9.59 Å². The number of carbonyl (C=O) groups excluding carboxylic acids is 2. The van der Waals surface area contributed by atoms with E-state index in [1.165, 1.54) is 0 Å². The third-order valence-corrected chi connectivity index (χ3v) is 5.66. The van der Waals surface area contributed by atoms with Gasteiger partial charge in [-0.1, -0.05) is 46.8 Å². The number of nitrogens with one attached hydrogen (secondary N) is 1. The molecule has 1 aromatic carbocycles. The molecule has 1 aromatic rings. The normalized spacial score (nSPS) is 18.0. The molecule has 0 saturated carbocycles. The molecule has 2 amide bonds. The molecule has 0 bridgehead atoms. The van der Waals surface area contributed by atoms with Crippen molar-refractivity contribution in [3.63, 3.8) is 0 Å². The van der Waals surface area contributed by atoms with E-state index < -0.39 is 5.41 Å². The fourth-order valence-electron chi connectivity index (χ4n) is 4.00. The zero-order valence-electron chi connectivity index (χ0n) is 18.8. The standard InChI is InChI=1S/C23H37N3O3/c1-7-25(8-2)20(17-11-9-12-18(15-17)29-6)16-24-21(27)19-13-10-14-26(19)22(28)23(3,4)5/h9,11-12,15,19-20H,7-8,10,13-14,16H2,1-6H3,(H,24,27). The Labute approximate surface area is 175 Å². The van der Waals surface area contributed by atoms with E-state index in [2.05, 4.69) is 30.1 Å². The maximum absolute atomic E-state index is 13.0. The van der Waals surface area contributed by atoms with Gasteiger partial charge in [0.05, 0.1) is 13.2 Å². The Morgan fingerprint density at radius 1 is 1.28 bits per heavy atom. The summed E-state index contributed by atoms with van der Waals surface area (Å²) in [5, 5.41) is 3.13. The Kier molecular flexibility index (Phi) is 8.08. The first-order valence-corrected chi connectivity index (χ1v) is 10.7. The lowest BCUT2D eigenvalue weighted by Crippen LogP contribution is -2.50. The summed E-state index contributed by atoms with van der Waals surface area (Å²) in [4.78, 5) is 29.8. The lowest BCUT2D eigenvalue weighted by atomic mass is 9.94. The number of rotatable bonds is 8. The molecule has 2 atom stereocenters. The molecular formula is C23H37N3O3. The Morgan fingerprint density at radius 3 is 2.55 bits per heavy atom. The van der Waals surface area contributed by atoms with Crippen molar-refractivity contribution in [2.45, 2.75) is 59.5 Å². The summed E-state index contributed by atoms with van der Waals surface area (Å²) in [5.41, 5.74) is 0.634. The van der Waals surface area contributed by atoms with Gasteiger partial charge < -0.3 is 15.0 Å². The van der Waals surface area contributed by atoms with E-state index in [1.807, 2.05) is 39.0 Å². The van der Waals surface area contributed by atoms with Gasteiger partial charge in [-0.05, 0) is 43.6 Å². The van der Waals surface area contributed by atoms with Crippen LogP contribution in [0.5, 0.6) is 5.75 Å². The number of nitrogens with zero attached hydrogens (tertiary/aromatic N) is 2. The van der Waals surface area contributed by atoms with E-state index in [-0.39, 0.29) is 23.9 Å². The summed E-state index contributed by atoms with van der Waals surface area (Å²) in [5.74, 6) is 0.798. The molecular weight excluding hydrogens is 366 g/mol. The molecule has 2 unspecified atom stereocenters. The Bertz CT molecular complexity index is 695. The van der Waals surface area contributed by atoms with Crippen LogP contribution in [0.2, 0.25) is 0 Å². The summed E-state index contributed by atoms with van der Waals surface area (Å²) in [6, 6.07) is 7.69. The van der Waals surface area contributed by atoms with Crippen LogP contribution in [0, 0.1) is 5.41 Å². The number of hydrogen-bond donors (Lipinski definition) is 1. The first-order chi connectivity index (χ1) is 13.7. The van der Waals surface area contributed by atoms with Gasteiger partial charge in [-0.2, -0.15) is 0 Å². The average Bonchev–Trinajstić information content (AvgIpc) is 3.19. The van der Waals surface area contributed by atoms with Crippen LogP contribution in [0.25, 0.3) is 0 Å². The van der Waals surface area contributed by atoms with Crippen molar-refractivity contribution in [1.82, 2.24) is 15.1 Å². The van der Waals surface area contributed by atoms with Gasteiger partial charge in [-0.15, -0.1) is 0 Å². The third-order valence-electron chi connectivity index (χ3n) is 5.66. The van der Waals surface area contributed by atoms with Crippen LogP contribution in [0.1, 0.15) is 59.1 Å². The van der Waals surface area contributed by atoms with Crippen molar-refractivity contribution in [2.75, 3.05) is 33.3 Å². The van der Waals surface area contributed by atoms with Crippen molar-refractivity contribution in [3.8, 4) is 5.75 Å². The number of benzene rings is 1. The summed E-state index contributed by atoms with van der Waals surface area (Å²) >= 11 is 0. The minimum Gasteiger partial charge on any atom is -0.497 e. The van der Waals surface area contributed by atoms with E-state index in [0.29, 0.717) is 13.1 Å². The molecule has 0 radical (unpaired) electrons. The van der Waals surface area contributed by atoms with E-state index in [1.54, 1.807) is 12.0 Å². The van der Waals surface area contributed by atoms with Crippen LogP contribution in [-0.2, 0) is 9.59 Å². The molecule has 1 fully saturated rings. The number of likely N-dealkylation sites (tertiary alicyclic amines) is 1. The van der Waals surface area contributed by atoms with E-state index >= 15 is 0 Å². The Hall–Kier alpha value is -2.08. The number of amides is 2. The van der Waals surface area contributed by atoms with Crippen LogP contribution in [0.3, 0.4) is 0 Å². The predicted molar refractivity (Wildman–Crippen MR) is 116 cm³/mol. The zero-order valence-corrected chi connectivity index (χ0v) is 18.8. The molecule has 0 aliphatic carbocycles. The average molecular weight is 404 g/mol. The Balaban J connectivity index is 2.13. The summed E-state index contributed by atoms with van der Waals surface area (Å²) in [6.07, 6.45) is 1.60. The van der Waals surface area contributed by atoms with Crippen molar-refractivity contribution >= 4 is 11.8 Å². The maximum Gasteiger partial charge on any atom is 0.242 e. The van der Waals surface area contributed by atoms with Crippen LogP contribution in [-0.4, -0.2) is 60.9 Å². The summed E-state index contributed by atoms with van der Waals surface area (Å²) in [6.45, 7) is 12.9. The van der Waals surface area contributed by atoms with Crippen molar-refractivity contribution in [1.29, 1.82) is 0 Å². The lowest BCUT2D eigenvalue weighted by Gasteiger charge is -2.33. The highest BCUT2D eigenvalue weighted by molar-refractivity contribution is 5.90. The first kappa shape index (κ1) is 23.2. The molecule has 6 nitrogen and oxygen atoms in total. The molecule has 1 saturated heterocycles. The molecule has 1 aliphatic rings. The smallest absolute Gasteiger partial charge is 0.242 e. The highest BCUT2D eigenvalue weighted by atomic mass is 16.5. The second-order valence-corrected chi connectivity index (χ2v) is 8.67.